The van der Waals surface area contributed by atoms with Crippen LogP contribution in [-0.4, -0.2) is 14.8 Å². The molecule has 0 amide bonds. The van der Waals surface area contributed by atoms with Gasteiger partial charge in [-0.05, 0) is 12.5 Å². The topological polar surface area (TPSA) is 123 Å². The number of rotatable bonds is 4. The van der Waals surface area contributed by atoms with Crippen LogP contribution in [0.15, 0.2) is 21.2 Å². The van der Waals surface area contributed by atoms with Gasteiger partial charge >= 0.3 is 7.60 Å². The van der Waals surface area contributed by atoms with Gasteiger partial charge in [0.25, 0.3) is 6.01 Å². The van der Waals surface area contributed by atoms with Crippen molar-refractivity contribution in [1.29, 1.82) is 0 Å². The number of hydrogen-bond donors (Lipinski definition) is 3. The van der Waals surface area contributed by atoms with Crippen LogP contribution in [0.2, 0.25) is 0 Å². The molecule has 2 heterocycles. The zero-order chi connectivity index (χ0) is 13.3. The predicted octanol–water partition coefficient (Wildman–Crippen LogP) is 1.27. The molecule has 0 bridgehead atoms. The van der Waals surface area contributed by atoms with Crippen LogP contribution < -0.4 is 11.0 Å². The highest BCUT2D eigenvalue weighted by molar-refractivity contribution is 7.60. The summed E-state index contributed by atoms with van der Waals surface area (Å²) in [6.07, 6.45) is 2.54. The summed E-state index contributed by atoms with van der Waals surface area (Å²) in [5.41, 5.74) is 5.71. The molecule has 0 atom stereocenters. The highest BCUT2D eigenvalue weighted by atomic mass is 31.2. The van der Waals surface area contributed by atoms with Crippen molar-refractivity contribution >= 4 is 18.9 Å². The third-order valence-electron chi connectivity index (χ3n) is 2.36. The number of hydrogen-bond acceptors (Lipinski definition) is 5. The van der Waals surface area contributed by atoms with Crippen molar-refractivity contribution in [2.45, 2.75) is 19.8 Å². The Labute approximate surface area is 103 Å². The van der Waals surface area contributed by atoms with Crippen molar-refractivity contribution in [3.63, 3.8) is 0 Å². The van der Waals surface area contributed by atoms with Gasteiger partial charge in [0.2, 0.25) is 0 Å². The summed E-state index contributed by atoms with van der Waals surface area (Å²) in [6, 6.07) is 1.16. The summed E-state index contributed by atoms with van der Waals surface area (Å²) in [6.45, 7) is 1.94. The van der Waals surface area contributed by atoms with Crippen LogP contribution in [0.5, 0.6) is 0 Å². The minimum Gasteiger partial charge on any atom is -0.462 e. The number of nitrogen functional groups attached to an aromatic ring is 1. The number of nitrogens with zero attached hydrogens (tertiary/aromatic N) is 1. The molecule has 7 nitrogen and oxygen atoms in total. The molecule has 0 saturated carbocycles. The van der Waals surface area contributed by atoms with Crippen LogP contribution in [0.4, 0.5) is 6.01 Å². The summed E-state index contributed by atoms with van der Waals surface area (Å²) >= 11 is 0. The average molecular weight is 272 g/mol. The van der Waals surface area contributed by atoms with Crippen LogP contribution in [-0.2, 0) is 11.0 Å². The molecule has 8 heteroatoms. The van der Waals surface area contributed by atoms with Gasteiger partial charge in [0.1, 0.15) is 11.1 Å². The van der Waals surface area contributed by atoms with E-state index in [9.17, 15) is 14.4 Å². The van der Waals surface area contributed by atoms with E-state index >= 15 is 0 Å². The van der Waals surface area contributed by atoms with Crippen LogP contribution in [0.1, 0.15) is 19.1 Å². The van der Waals surface area contributed by atoms with Gasteiger partial charge in [0, 0.05) is 6.42 Å². The van der Waals surface area contributed by atoms with Gasteiger partial charge in [-0.1, -0.05) is 6.92 Å². The van der Waals surface area contributed by atoms with Crippen molar-refractivity contribution in [1.82, 2.24) is 4.98 Å². The second-order valence-corrected chi connectivity index (χ2v) is 5.32. The van der Waals surface area contributed by atoms with E-state index in [2.05, 4.69) is 4.98 Å². The lowest BCUT2D eigenvalue weighted by Crippen LogP contribution is -2.04. The lowest BCUT2D eigenvalue weighted by Gasteiger charge is -2.03. The molecule has 0 aliphatic heterocycles. The molecule has 0 aromatic carbocycles. The van der Waals surface area contributed by atoms with Gasteiger partial charge in [-0.2, -0.15) is 4.98 Å². The Balaban J connectivity index is 2.56. The fraction of sp³-hybridized carbons (Fsp3) is 0.300. The Morgan fingerprint density at radius 3 is 2.83 bits per heavy atom. The average Bonchev–Trinajstić information content (AvgIpc) is 2.83. The monoisotopic (exact) mass is 272 g/mol. The Morgan fingerprint density at radius 2 is 2.22 bits per heavy atom. The Hall–Kier alpha value is -1.56. The minimum atomic E-state index is -4.42. The van der Waals surface area contributed by atoms with Gasteiger partial charge in [-0.3, -0.25) is 4.57 Å². The number of oxazole rings is 1. The first kappa shape index (κ1) is 12.9. The normalized spacial score (nSPS) is 11.9. The lowest BCUT2D eigenvalue weighted by atomic mass is 10.2. The van der Waals surface area contributed by atoms with Gasteiger partial charge in [-0.25, -0.2) is 0 Å². The molecule has 0 aliphatic carbocycles. The van der Waals surface area contributed by atoms with E-state index in [1.54, 1.807) is 0 Å². The van der Waals surface area contributed by atoms with Gasteiger partial charge in [0.05, 0.1) is 6.26 Å². The molecule has 4 N–H and O–H groups in total. The van der Waals surface area contributed by atoms with Gasteiger partial charge in [0.15, 0.2) is 11.5 Å². The number of aromatic nitrogens is 1. The predicted molar refractivity (Wildman–Crippen MR) is 64.3 cm³/mol. The van der Waals surface area contributed by atoms with Crippen molar-refractivity contribution in [3.8, 4) is 11.5 Å². The Kier molecular flexibility index (Phi) is 3.30. The SMILES string of the molecule is CCCc1oc(N)nc1-c1occc1P(=O)(O)O. The molecule has 0 unspecified atom stereocenters. The van der Waals surface area contributed by atoms with E-state index in [1.807, 2.05) is 6.92 Å². The van der Waals surface area contributed by atoms with Crippen molar-refractivity contribution in [3.05, 3.63) is 18.1 Å². The van der Waals surface area contributed by atoms with E-state index in [-0.39, 0.29) is 22.8 Å². The highest BCUT2D eigenvalue weighted by Crippen LogP contribution is 2.39. The Bertz CT molecular complexity index is 597. The summed E-state index contributed by atoms with van der Waals surface area (Å²) in [4.78, 5) is 22.3. The maximum Gasteiger partial charge on any atom is 0.360 e. The highest BCUT2D eigenvalue weighted by Gasteiger charge is 2.28. The quantitative estimate of drug-likeness (QED) is 0.716. The Morgan fingerprint density at radius 1 is 1.50 bits per heavy atom. The number of furan rings is 1. The second kappa shape index (κ2) is 4.61. The third kappa shape index (κ3) is 2.33. The van der Waals surface area contributed by atoms with Crippen LogP contribution in [0.3, 0.4) is 0 Å². The van der Waals surface area contributed by atoms with Crippen LogP contribution in [0.25, 0.3) is 11.5 Å². The summed E-state index contributed by atoms with van der Waals surface area (Å²) in [7, 11) is -4.42. The van der Waals surface area contributed by atoms with E-state index in [0.29, 0.717) is 12.2 Å². The first-order valence-corrected chi connectivity index (χ1v) is 6.94. The van der Waals surface area contributed by atoms with Crippen molar-refractivity contribution < 1.29 is 23.2 Å². The maximum atomic E-state index is 11.3. The molecule has 2 aromatic rings. The molecule has 2 rings (SSSR count). The summed E-state index contributed by atoms with van der Waals surface area (Å²) in [5, 5.41) is -0.215. The fourth-order valence-corrected chi connectivity index (χ4v) is 2.33. The van der Waals surface area contributed by atoms with Crippen molar-refractivity contribution in [2.24, 2.45) is 0 Å². The van der Waals surface area contributed by atoms with Crippen LogP contribution in [0, 0.1) is 0 Å². The van der Waals surface area contributed by atoms with E-state index < -0.39 is 7.60 Å². The standard InChI is InChI=1S/C10H13N2O5P/c1-2-3-6-8(12-10(11)17-6)9-7(4-5-16-9)18(13,14)15/h4-5H,2-3H2,1H3,(H2,11,12)(H2,13,14,15). The molecule has 98 valence electrons. The number of nitrogens with two attached hydrogens (primary N) is 1. The fourth-order valence-electron chi connectivity index (χ4n) is 1.65. The van der Waals surface area contributed by atoms with E-state index in [0.717, 1.165) is 6.42 Å². The zero-order valence-electron chi connectivity index (χ0n) is 9.66. The first-order chi connectivity index (χ1) is 8.43. The summed E-state index contributed by atoms with van der Waals surface area (Å²) in [5.74, 6) is 0.465. The summed E-state index contributed by atoms with van der Waals surface area (Å²) < 4.78 is 21.6. The van der Waals surface area contributed by atoms with Crippen LogP contribution >= 0.6 is 7.60 Å². The molecule has 18 heavy (non-hydrogen) atoms. The number of anilines is 1. The van der Waals surface area contributed by atoms with Gasteiger partial charge in [-0.15, -0.1) is 0 Å². The third-order valence-corrected chi connectivity index (χ3v) is 3.34. The first-order valence-electron chi connectivity index (χ1n) is 5.32. The molecule has 0 saturated heterocycles. The maximum absolute atomic E-state index is 11.3. The van der Waals surface area contributed by atoms with E-state index in [1.165, 1.54) is 12.3 Å². The molecule has 0 radical (unpaired) electrons. The minimum absolute atomic E-state index is 0.00670. The molecule has 2 aromatic heterocycles. The second-order valence-electron chi connectivity index (χ2n) is 3.75. The zero-order valence-corrected chi connectivity index (χ0v) is 10.6. The van der Waals surface area contributed by atoms with Gasteiger partial charge < -0.3 is 24.4 Å². The smallest absolute Gasteiger partial charge is 0.360 e. The molecule has 0 aliphatic rings. The molecule has 0 spiro atoms. The molecular formula is C10H13N2O5P. The number of aryl methyl sites for hydroxylation is 1. The van der Waals surface area contributed by atoms with Crippen molar-refractivity contribution in [2.75, 3.05) is 5.73 Å². The largest absolute Gasteiger partial charge is 0.462 e. The lowest BCUT2D eigenvalue weighted by molar-refractivity contribution is 0.387. The molecular weight excluding hydrogens is 259 g/mol. The van der Waals surface area contributed by atoms with E-state index in [4.69, 9.17) is 14.6 Å². The molecule has 0 fully saturated rings.